The fourth-order valence-corrected chi connectivity index (χ4v) is 3.38. The fourth-order valence-electron chi connectivity index (χ4n) is 2.66. The van der Waals surface area contributed by atoms with Gasteiger partial charge in [-0.3, -0.25) is 14.0 Å². The molecule has 0 aliphatic carbocycles. The number of imidazole rings is 1. The fraction of sp³-hybridized carbons (Fsp3) is 0.316. The van der Waals surface area contributed by atoms with E-state index in [1.54, 1.807) is 6.20 Å². The lowest BCUT2D eigenvalue weighted by Gasteiger charge is -2.17. The smallest absolute Gasteiger partial charge is 0.312 e. The second-order valence-electron chi connectivity index (χ2n) is 6.10. The van der Waals surface area contributed by atoms with Crippen molar-refractivity contribution in [3.8, 4) is 0 Å². The number of nitrogens with zero attached hydrogens (tertiary/aromatic N) is 2. The van der Waals surface area contributed by atoms with Crippen molar-refractivity contribution >= 4 is 28.2 Å². The molecule has 2 aromatic heterocycles. The molecule has 1 aromatic carbocycles. The molecule has 6 nitrogen and oxygen atoms in total. The zero-order valence-electron chi connectivity index (χ0n) is 14.8. The van der Waals surface area contributed by atoms with Crippen LogP contribution in [0.2, 0.25) is 0 Å². The number of fused-ring (bicyclic) bond motifs is 1. The van der Waals surface area contributed by atoms with Crippen molar-refractivity contribution < 1.29 is 14.3 Å². The van der Waals surface area contributed by atoms with Crippen LogP contribution in [-0.4, -0.2) is 27.9 Å². The Morgan fingerprint density at radius 1 is 1.31 bits per heavy atom. The number of rotatable bonds is 7. The molecule has 3 aromatic rings. The minimum Gasteiger partial charge on any atom is -0.455 e. The van der Waals surface area contributed by atoms with Crippen molar-refractivity contribution in [1.82, 2.24) is 14.7 Å². The Morgan fingerprint density at radius 2 is 2.08 bits per heavy atom. The third kappa shape index (κ3) is 4.49. The molecule has 0 spiro atoms. The van der Waals surface area contributed by atoms with Crippen LogP contribution in [0.5, 0.6) is 0 Å². The maximum atomic E-state index is 12.1. The molecule has 0 unspecified atom stereocenters. The summed E-state index contributed by atoms with van der Waals surface area (Å²) in [7, 11) is 0. The van der Waals surface area contributed by atoms with E-state index < -0.39 is 5.97 Å². The Kier molecular flexibility index (Phi) is 5.68. The molecule has 2 heterocycles. The zero-order valence-corrected chi connectivity index (χ0v) is 15.6. The minimum absolute atomic E-state index is 0.0524. The lowest BCUT2D eigenvalue weighted by molar-refractivity contribution is -0.148. The van der Waals surface area contributed by atoms with Gasteiger partial charge in [-0.2, -0.15) is 0 Å². The molecule has 0 aliphatic rings. The first kappa shape index (κ1) is 18.1. The van der Waals surface area contributed by atoms with E-state index in [1.165, 1.54) is 16.9 Å². The van der Waals surface area contributed by atoms with Gasteiger partial charge in [-0.15, -0.1) is 11.3 Å². The van der Waals surface area contributed by atoms with Crippen LogP contribution in [0, 0.1) is 6.92 Å². The Hall–Kier alpha value is -2.67. The van der Waals surface area contributed by atoms with Crippen molar-refractivity contribution in [2.45, 2.75) is 32.7 Å². The lowest BCUT2D eigenvalue weighted by atomic mass is 10.0. The summed E-state index contributed by atoms with van der Waals surface area (Å²) in [4.78, 5) is 29.2. The SMILES string of the molecule is CC[C@@H](NC(=O)COC(=O)Cc1cn2ccsc2n1)c1ccc(C)cc1. The molecule has 7 heteroatoms. The van der Waals surface area contributed by atoms with Gasteiger partial charge in [0.05, 0.1) is 18.2 Å². The van der Waals surface area contributed by atoms with Crippen LogP contribution in [0.15, 0.2) is 42.0 Å². The van der Waals surface area contributed by atoms with Crippen molar-refractivity contribution in [3.63, 3.8) is 0 Å². The highest BCUT2D eigenvalue weighted by atomic mass is 32.1. The van der Waals surface area contributed by atoms with E-state index in [0.717, 1.165) is 16.9 Å². The molecule has 26 heavy (non-hydrogen) atoms. The van der Waals surface area contributed by atoms with Crippen molar-refractivity contribution in [1.29, 1.82) is 0 Å². The Balaban J connectivity index is 1.48. The molecule has 3 rings (SSSR count). The quantitative estimate of drug-likeness (QED) is 0.648. The molecular formula is C19H21N3O3S. The number of thiazole rings is 1. The molecule has 0 saturated heterocycles. The Bertz CT molecular complexity index is 870. The Labute approximate surface area is 155 Å². The average Bonchev–Trinajstić information content (AvgIpc) is 3.20. The Morgan fingerprint density at radius 3 is 2.77 bits per heavy atom. The van der Waals surface area contributed by atoms with Crippen LogP contribution in [0.1, 0.15) is 36.2 Å². The van der Waals surface area contributed by atoms with Crippen LogP contribution in [0.25, 0.3) is 4.96 Å². The van der Waals surface area contributed by atoms with Crippen LogP contribution < -0.4 is 5.32 Å². The maximum absolute atomic E-state index is 12.1. The number of nitrogens with one attached hydrogen (secondary N) is 1. The summed E-state index contributed by atoms with van der Waals surface area (Å²) in [5.41, 5.74) is 2.84. The predicted octanol–water partition coefficient (Wildman–Crippen LogP) is 3.06. The summed E-state index contributed by atoms with van der Waals surface area (Å²) in [6, 6.07) is 7.93. The number of esters is 1. The number of amides is 1. The number of hydrogen-bond acceptors (Lipinski definition) is 5. The van der Waals surface area contributed by atoms with Gasteiger partial charge in [-0.1, -0.05) is 36.8 Å². The van der Waals surface area contributed by atoms with Gasteiger partial charge in [0, 0.05) is 17.8 Å². The monoisotopic (exact) mass is 371 g/mol. The summed E-state index contributed by atoms with van der Waals surface area (Å²) in [5, 5.41) is 4.83. The van der Waals surface area contributed by atoms with E-state index in [4.69, 9.17) is 4.74 Å². The molecule has 1 N–H and O–H groups in total. The van der Waals surface area contributed by atoms with Gasteiger partial charge in [0.2, 0.25) is 0 Å². The van der Waals surface area contributed by atoms with Gasteiger partial charge in [-0.25, -0.2) is 4.98 Å². The number of aryl methyl sites for hydroxylation is 1. The lowest BCUT2D eigenvalue weighted by Crippen LogP contribution is -2.32. The third-order valence-electron chi connectivity index (χ3n) is 4.06. The van der Waals surface area contributed by atoms with Gasteiger partial charge in [-0.05, 0) is 18.9 Å². The predicted molar refractivity (Wildman–Crippen MR) is 100 cm³/mol. The minimum atomic E-state index is -0.464. The summed E-state index contributed by atoms with van der Waals surface area (Å²) in [6.45, 7) is 3.73. The molecule has 136 valence electrons. The molecule has 0 fully saturated rings. The van der Waals surface area contributed by atoms with Crippen LogP contribution in [-0.2, 0) is 20.7 Å². The first-order valence-electron chi connectivity index (χ1n) is 8.47. The highest BCUT2D eigenvalue weighted by Crippen LogP contribution is 2.17. The topological polar surface area (TPSA) is 72.7 Å². The number of carbonyl (C=O) groups excluding carboxylic acids is 2. The number of aromatic nitrogens is 2. The molecule has 0 bridgehead atoms. The van der Waals surface area contributed by atoms with E-state index in [9.17, 15) is 9.59 Å². The molecular weight excluding hydrogens is 350 g/mol. The standard InChI is InChI=1S/C19H21N3O3S/c1-3-16(14-6-4-13(2)5-7-14)21-17(23)12-25-18(24)10-15-11-22-8-9-26-19(22)20-15/h4-9,11,16H,3,10,12H2,1-2H3,(H,21,23)/t16-/m1/s1. The normalized spacial score (nSPS) is 12.1. The van der Waals surface area contributed by atoms with E-state index >= 15 is 0 Å². The van der Waals surface area contributed by atoms with Crippen molar-refractivity contribution in [3.05, 3.63) is 58.9 Å². The first-order chi connectivity index (χ1) is 12.5. The van der Waals surface area contributed by atoms with Gasteiger partial charge in [0.15, 0.2) is 11.6 Å². The van der Waals surface area contributed by atoms with E-state index in [2.05, 4.69) is 10.3 Å². The highest BCUT2D eigenvalue weighted by Gasteiger charge is 2.15. The zero-order chi connectivity index (χ0) is 18.5. The third-order valence-corrected chi connectivity index (χ3v) is 4.83. The largest absolute Gasteiger partial charge is 0.455 e. The van der Waals surface area contributed by atoms with E-state index in [0.29, 0.717) is 5.69 Å². The maximum Gasteiger partial charge on any atom is 0.312 e. The summed E-state index contributed by atoms with van der Waals surface area (Å²) < 4.78 is 6.94. The van der Waals surface area contributed by atoms with Gasteiger partial charge in [0.25, 0.3) is 5.91 Å². The summed E-state index contributed by atoms with van der Waals surface area (Å²) >= 11 is 1.50. The second kappa shape index (κ2) is 8.14. The number of ether oxygens (including phenoxy) is 1. The summed E-state index contributed by atoms with van der Waals surface area (Å²) in [6.07, 6.45) is 4.48. The van der Waals surface area contributed by atoms with E-state index in [-0.39, 0.29) is 25.0 Å². The van der Waals surface area contributed by atoms with Gasteiger partial charge >= 0.3 is 5.97 Å². The van der Waals surface area contributed by atoms with Crippen LogP contribution >= 0.6 is 11.3 Å². The summed E-state index contributed by atoms with van der Waals surface area (Å²) in [5.74, 6) is -0.772. The number of carbonyl (C=O) groups is 2. The second-order valence-corrected chi connectivity index (χ2v) is 6.97. The number of benzene rings is 1. The molecule has 0 radical (unpaired) electrons. The highest BCUT2D eigenvalue weighted by molar-refractivity contribution is 7.15. The molecule has 1 atom stereocenters. The van der Waals surface area contributed by atoms with Crippen molar-refractivity contribution in [2.24, 2.45) is 0 Å². The van der Waals surface area contributed by atoms with Crippen LogP contribution in [0.4, 0.5) is 0 Å². The van der Waals surface area contributed by atoms with E-state index in [1.807, 2.05) is 54.1 Å². The first-order valence-corrected chi connectivity index (χ1v) is 9.35. The number of hydrogen-bond donors (Lipinski definition) is 1. The molecule has 0 saturated carbocycles. The van der Waals surface area contributed by atoms with Gasteiger partial charge in [0.1, 0.15) is 0 Å². The van der Waals surface area contributed by atoms with Crippen LogP contribution in [0.3, 0.4) is 0 Å². The molecule has 1 amide bonds. The van der Waals surface area contributed by atoms with Gasteiger partial charge < -0.3 is 10.1 Å². The van der Waals surface area contributed by atoms with Crippen molar-refractivity contribution in [2.75, 3.05) is 6.61 Å². The molecule has 0 aliphatic heterocycles. The average molecular weight is 371 g/mol.